The topological polar surface area (TPSA) is 91.8 Å². The van der Waals surface area contributed by atoms with E-state index in [1.54, 1.807) is 9.91 Å². The van der Waals surface area contributed by atoms with E-state index < -0.39 is 30.8 Å². The first-order valence-electron chi connectivity index (χ1n) is 10.8. The first-order valence-corrected chi connectivity index (χ1v) is 10.8. The molecule has 1 aromatic rings. The van der Waals surface area contributed by atoms with Gasteiger partial charge in [-0.1, -0.05) is 7.43 Å². The van der Waals surface area contributed by atoms with E-state index in [4.69, 9.17) is 0 Å². The van der Waals surface area contributed by atoms with Crippen molar-refractivity contribution in [3.05, 3.63) is 23.8 Å². The Labute approximate surface area is 197 Å². The SMILES string of the molecule is C.O=C1CCCN2CCN(c3c(F)cc(N(O)C[C@@H](O)CNCOCC(F)F)cc3F)CCN12.[HH]. The Balaban J connectivity index is 0.00000306. The molecule has 0 aromatic heterocycles. The number of halogens is 4. The summed E-state index contributed by atoms with van der Waals surface area (Å²) in [5, 5.41) is 26.7. The zero-order valence-corrected chi connectivity index (χ0v) is 18.1. The smallest absolute Gasteiger partial charge is 0.261 e. The van der Waals surface area contributed by atoms with Crippen molar-refractivity contribution >= 4 is 17.3 Å². The highest BCUT2D eigenvalue weighted by molar-refractivity contribution is 5.76. The number of fused-ring (bicyclic) bond motifs is 1. The number of anilines is 2. The molecule has 2 saturated heterocycles. The lowest BCUT2D eigenvalue weighted by atomic mass is 10.2. The minimum atomic E-state index is -2.60. The van der Waals surface area contributed by atoms with Crippen LogP contribution in [-0.2, 0) is 9.53 Å². The Morgan fingerprint density at radius 2 is 1.82 bits per heavy atom. The van der Waals surface area contributed by atoms with Gasteiger partial charge in [-0.05, 0) is 6.42 Å². The second kappa shape index (κ2) is 13.0. The monoisotopic (exact) mass is 497 g/mol. The van der Waals surface area contributed by atoms with Crippen LogP contribution < -0.4 is 15.3 Å². The van der Waals surface area contributed by atoms with E-state index >= 15 is 0 Å². The minimum absolute atomic E-state index is 0. The van der Waals surface area contributed by atoms with Crippen LogP contribution >= 0.6 is 0 Å². The van der Waals surface area contributed by atoms with Crippen molar-refractivity contribution in [2.75, 3.05) is 69.1 Å². The predicted molar refractivity (Wildman–Crippen MR) is 120 cm³/mol. The third kappa shape index (κ3) is 7.40. The van der Waals surface area contributed by atoms with Crippen LogP contribution in [0.1, 0.15) is 21.7 Å². The fraction of sp³-hybridized carbons (Fsp3) is 0.667. The molecule has 0 aliphatic carbocycles. The van der Waals surface area contributed by atoms with Crippen molar-refractivity contribution in [1.82, 2.24) is 15.3 Å². The quantitative estimate of drug-likeness (QED) is 0.195. The number of alkyl halides is 2. The van der Waals surface area contributed by atoms with Gasteiger partial charge in [0.15, 0.2) is 11.6 Å². The summed E-state index contributed by atoms with van der Waals surface area (Å²) in [6.07, 6.45) is -2.55. The van der Waals surface area contributed by atoms with Crippen LogP contribution in [-0.4, -0.2) is 97.9 Å². The van der Waals surface area contributed by atoms with Gasteiger partial charge in [-0.15, -0.1) is 0 Å². The summed E-state index contributed by atoms with van der Waals surface area (Å²) < 4.78 is 58.3. The van der Waals surface area contributed by atoms with Gasteiger partial charge >= 0.3 is 0 Å². The van der Waals surface area contributed by atoms with Gasteiger partial charge < -0.3 is 14.7 Å². The van der Waals surface area contributed by atoms with Gasteiger partial charge in [0.25, 0.3) is 6.43 Å². The van der Waals surface area contributed by atoms with Gasteiger partial charge in [0.2, 0.25) is 5.91 Å². The highest BCUT2D eigenvalue weighted by Gasteiger charge is 2.30. The summed E-state index contributed by atoms with van der Waals surface area (Å²) in [6.45, 7) is 0.653. The molecule has 34 heavy (non-hydrogen) atoms. The molecule has 196 valence electrons. The van der Waals surface area contributed by atoms with Crippen LogP contribution in [0.15, 0.2) is 12.1 Å². The van der Waals surface area contributed by atoms with Crippen LogP contribution in [0.5, 0.6) is 0 Å². The van der Waals surface area contributed by atoms with E-state index in [0.717, 1.165) is 25.1 Å². The molecule has 1 aromatic carbocycles. The van der Waals surface area contributed by atoms with Crippen molar-refractivity contribution in [3.8, 4) is 0 Å². The minimum Gasteiger partial charge on any atom is -0.390 e. The third-order valence-electron chi connectivity index (χ3n) is 5.47. The van der Waals surface area contributed by atoms with Crippen molar-refractivity contribution in [1.29, 1.82) is 0 Å². The molecule has 0 unspecified atom stereocenters. The number of hydrogen-bond donors (Lipinski definition) is 3. The number of amides is 1. The predicted octanol–water partition coefficient (Wildman–Crippen LogP) is 1.89. The van der Waals surface area contributed by atoms with Crippen LogP contribution in [0.2, 0.25) is 0 Å². The van der Waals surface area contributed by atoms with E-state index in [1.807, 2.05) is 5.01 Å². The third-order valence-corrected chi connectivity index (χ3v) is 5.47. The second-order valence-electron chi connectivity index (χ2n) is 7.92. The number of ether oxygens (including phenoxy) is 1. The lowest BCUT2D eigenvalue weighted by Crippen LogP contribution is -2.50. The van der Waals surface area contributed by atoms with Crippen LogP contribution in [0.3, 0.4) is 0 Å². The number of aliphatic hydroxyl groups excluding tert-OH is 1. The maximum absolute atomic E-state index is 14.9. The number of carbonyl (C=O) groups excluding carboxylic acids is 1. The highest BCUT2D eigenvalue weighted by atomic mass is 19.3. The number of hydrogen-bond acceptors (Lipinski definition) is 8. The number of nitrogens with one attached hydrogen (secondary N) is 1. The molecular formula is C21H35F4N5O4. The van der Waals surface area contributed by atoms with Gasteiger partial charge in [0.1, 0.15) is 12.3 Å². The average molecular weight is 498 g/mol. The van der Waals surface area contributed by atoms with Crippen LogP contribution in [0.4, 0.5) is 28.9 Å². The van der Waals surface area contributed by atoms with E-state index in [0.29, 0.717) is 31.1 Å². The number of benzene rings is 1. The molecular weight excluding hydrogens is 462 g/mol. The van der Waals surface area contributed by atoms with E-state index in [9.17, 15) is 32.7 Å². The fourth-order valence-corrected chi connectivity index (χ4v) is 3.92. The zero-order valence-electron chi connectivity index (χ0n) is 18.1. The lowest BCUT2D eigenvalue weighted by molar-refractivity contribution is -0.153. The van der Waals surface area contributed by atoms with Crippen molar-refractivity contribution < 1.29 is 38.8 Å². The van der Waals surface area contributed by atoms with Gasteiger partial charge in [0.05, 0.1) is 31.6 Å². The number of nitrogens with zero attached hydrogens (tertiary/aromatic N) is 4. The average Bonchev–Trinajstić information content (AvgIpc) is 2.96. The maximum Gasteiger partial charge on any atom is 0.261 e. The summed E-state index contributed by atoms with van der Waals surface area (Å²) in [6, 6.07) is 1.93. The van der Waals surface area contributed by atoms with Gasteiger partial charge in [-0.3, -0.25) is 25.4 Å². The molecule has 3 rings (SSSR count). The molecule has 9 nitrogen and oxygen atoms in total. The molecule has 0 spiro atoms. The number of rotatable bonds is 10. The maximum atomic E-state index is 14.9. The first kappa shape index (κ1) is 28.1. The van der Waals surface area contributed by atoms with Crippen LogP contribution in [0, 0.1) is 11.6 Å². The first-order chi connectivity index (χ1) is 15.8. The number of hydroxylamine groups is 1. The fourth-order valence-electron chi connectivity index (χ4n) is 3.92. The van der Waals surface area contributed by atoms with Crippen molar-refractivity contribution in [3.63, 3.8) is 0 Å². The number of carbonyl (C=O) groups is 1. The van der Waals surface area contributed by atoms with E-state index in [1.165, 1.54) is 0 Å². The van der Waals surface area contributed by atoms with E-state index in [2.05, 4.69) is 10.1 Å². The molecule has 3 N–H and O–H groups in total. The summed E-state index contributed by atoms with van der Waals surface area (Å²) in [5.41, 5.74) is -0.424. The summed E-state index contributed by atoms with van der Waals surface area (Å²) in [5.74, 6) is -1.75. The molecule has 13 heteroatoms. The largest absolute Gasteiger partial charge is 0.390 e. The molecule has 2 aliphatic rings. The molecule has 1 amide bonds. The molecule has 0 radical (unpaired) electrons. The Bertz CT molecular complexity index is 790. The molecule has 2 fully saturated rings. The molecule has 2 heterocycles. The lowest BCUT2D eigenvalue weighted by Gasteiger charge is -2.36. The Kier molecular flexibility index (Phi) is 10.8. The number of hydrazine groups is 1. The zero-order chi connectivity index (χ0) is 24.0. The second-order valence-corrected chi connectivity index (χ2v) is 7.92. The molecule has 0 saturated carbocycles. The Morgan fingerprint density at radius 3 is 2.50 bits per heavy atom. The molecule has 2 aliphatic heterocycles. The molecule has 0 bridgehead atoms. The van der Waals surface area contributed by atoms with Gasteiger partial charge in [-0.2, -0.15) is 0 Å². The molecule has 1 atom stereocenters. The number of aliphatic hydroxyl groups is 1. The van der Waals surface area contributed by atoms with Crippen molar-refractivity contribution in [2.45, 2.75) is 32.8 Å². The van der Waals surface area contributed by atoms with Gasteiger partial charge in [0, 0.05) is 52.7 Å². The van der Waals surface area contributed by atoms with Crippen LogP contribution in [0.25, 0.3) is 0 Å². The summed E-state index contributed by atoms with van der Waals surface area (Å²) in [4.78, 5) is 13.7. The normalized spacial score (nSPS) is 17.9. The van der Waals surface area contributed by atoms with Gasteiger partial charge in [-0.25, -0.2) is 22.6 Å². The highest BCUT2D eigenvalue weighted by Crippen LogP contribution is 2.29. The summed E-state index contributed by atoms with van der Waals surface area (Å²) >= 11 is 0. The summed E-state index contributed by atoms with van der Waals surface area (Å²) in [7, 11) is 0. The van der Waals surface area contributed by atoms with Crippen molar-refractivity contribution in [2.24, 2.45) is 0 Å². The van der Waals surface area contributed by atoms with E-state index in [-0.39, 0.29) is 52.5 Å². The Hall–Kier alpha value is -2.19. The standard InChI is InChI=1S/C20H29F4N5O4.CH4.H2/c21-16-8-14(29(32)11-15(30)10-25-13-33-12-18(23)24)9-17(22)20(16)26-4-6-27-3-1-2-19(31)28(27)7-5-26;;/h8-9,15,18,25,30,32H,1-7,10-13H2;1H4;1H/t15-;;/m0../s1. The Morgan fingerprint density at radius 1 is 1.15 bits per heavy atom.